The molecule has 0 aromatic heterocycles. The van der Waals surface area contributed by atoms with Gasteiger partial charge in [-0.2, -0.15) is 0 Å². The van der Waals surface area contributed by atoms with Crippen LogP contribution in [0.3, 0.4) is 0 Å². The molecule has 2 N–H and O–H groups in total. The molecule has 0 aliphatic carbocycles. The molecule has 0 aliphatic rings. The van der Waals surface area contributed by atoms with Gasteiger partial charge >= 0.3 is 0 Å². The van der Waals surface area contributed by atoms with Gasteiger partial charge in [0.25, 0.3) is 0 Å². The summed E-state index contributed by atoms with van der Waals surface area (Å²) >= 11 is 0. The van der Waals surface area contributed by atoms with Crippen LogP contribution in [0.2, 0.25) is 0 Å². The molecule has 2 nitrogen and oxygen atoms in total. The van der Waals surface area contributed by atoms with E-state index in [0.717, 1.165) is 10.2 Å². The van der Waals surface area contributed by atoms with Crippen LogP contribution in [0.4, 0.5) is 11.4 Å². The summed E-state index contributed by atoms with van der Waals surface area (Å²) in [5.41, 5.74) is 7.65. The quantitative estimate of drug-likeness (QED) is 0.376. The minimum absolute atomic E-state index is 0. The molecule has 0 saturated carbocycles. The van der Waals surface area contributed by atoms with Crippen LogP contribution in [0.25, 0.3) is 0 Å². The van der Waals surface area contributed by atoms with Crippen LogP contribution >= 0.6 is 0 Å². The molecule has 0 saturated heterocycles. The fourth-order valence-corrected chi connectivity index (χ4v) is 0.922. The van der Waals surface area contributed by atoms with Gasteiger partial charge in [-0.3, -0.25) is 4.48 Å². The highest BCUT2D eigenvalue weighted by atomic mass is 127. The van der Waals surface area contributed by atoms with E-state index in [9.17, 15) is 0 Å². The summed E-state index contributed by atoms with van der Waals surface area (Å²) in [6.07, 6.45) is 0. The van der Waals surface area contributed by atoms with Crippen LogP contribution < -0.4 is 34.2 Å². The van der Waals surface area contributed by atoms with E-state index in [-0.39, 0.29) is 24.0 Å². The number of anilines is 1. The van der Waals surface area contributed by atoms with E-state index in [0.29, 0.717) is 0 Å². The molecule has 0 aliphatic heterocycles. The van der Waals surface area contributed by atoms with Crippen molar-refractivity contribution < 1.29 is 24.0 Å². The second-order valence-corrected chi connectivity index (χ2v) is 3.60. The number of benzene rings is 1. The molecule has 12 heavy (non-hydrogen) atoms. The predicted octanol–water partition coefficient (Wildman–Crippen LogP) is -1.53. The molecule has 0 spiro atoms. The van der Waals surface area contributed by atoms with Crippen molar-refractivity contribution in [1.82, 2.24) is 4.48 Å². The van der Waals surface area contributed by atoms with Gasteiger partial charge in [0.15, 0.2) is 0 Å². The molecule has 0 heterocycles. The lowest BCUT2D eigenvalue weighted by atomic mass is 10.2. The summed E-state index contributed by atoms with van der Waals surface area (Å²) in [6.45, 7) is 0. The first-order valence-electron chi connectivity index (χ1n) is 3.68. The Balaban J connectivity index is 0.00000121. The molecule has 1 rings (SSSR count). The first-order chi connectivity index (χ1) is 5.00. The van der Waals surface area contributed by atoms with Gasteiger partial charge in [0, 0.05) is 17.8 Å². The second kappa shape index (κ2) is 4.09. The summed E-state index contributed by atoms with van der Waals surface area (Å²) in [5, 5.41) is 0. The Bertz CT molecular complexity index is 236. The Morgan fingerprint density at radius 3 is 1.75 bits per heavy atom. The van der Waals surface area contributed by atoms with Gasteiger partial charge in [-0.05, 0) is 12.1 Å². The number of nitrogen functional groups attached to an aromatic ring is 1. The largest absolute Gasteiger partial charge is 1.00 e. The third-order valence-corrected chi connectivity index (χ3v) is 1.67. The number of hydrogen-bond donors (Lipinski definition) is 1. The molecule has 0 atom stereocenters. The van der Waals surface area contributed by atoms with Crippen molar-refractivity contribution in [3.8, 4) is 0 Å². The molecule has 0 bridgehead atoms. The third-order valence-electron chi connectivity index (χ3n) is 1.67. The number of hydrogen-bond acceptors (Lipinski definition) is 1. The van der Waals surface area contributed by atoms with E-state index >= 15 is 0 Å². The summed E-state index contributed by atoms with van der Waals surface area (Å²) in [6, 6.07) is 7.96. The first kappa shape index (κ1) is 11.7. The fourth-order valence-electron chi connectivity index (χ4n) is 0.922. The van der Waals surface area contributed by atoms with Gasteiger partial charge in [-0.1, -0.05) is 0 Å². The average Bonchev–Trinajstić information content (AvgIpc) is 1.86. The molecule has 0 radical (unpaired) electrons. The Kier molecular flexibility index (Phi) is 3.99. The summed E-state index contributed by atoms with van der Waals surface area (Å²) in [7, 11) is 6.39. The normalized spacial score (nSPS) is 10.6. The summed E-state index contributed by atoms with van der Waals surface area (Å²) < 4.78 is 0.834. The van der Waals surface area contributed by atoms with Crippen LogP contribution in [-0.2, 0) is 0 Å². The standard InChI is InChI=1S/C9H15N2.HI/c1-11(2,3)9-6-4-8(10)5-7-9;/h4-7H,10H2,1-3H3;1H/q+1;/p-1. The predicted molar refractivity (Wildman–Crippen MR) is 50.4 cm³/mol. The van der Waals surface area contributed by atoms with Crippen molar-refractivity contribution in [2.45, 2.75) is 0 Å². The van der Waals surface area contributed by atoms with Crippen molar-refractivity contribution in [2.24, 2.45) is 0 Å². The number of nitrogens with zero attached hydrogens (tertiary/aromatic N) is 1. The number of rotatable bonds is 1. The molecule has 3 heteroatoms. The smallest absolute Gasteiger partial charge is 0.132 e. The molecule has 0 fully saturated rings. The van der Waals surface area contributed by atoms with Gasteiger partial charge in [-0.25, -0.2) is 0 Å². The topological polar surface area (TPSA) is 26.0 Å². The highest BCUT2D eigenvalue weighted by Gasteiger charge is 2.09. The highest BCUT2D eigenvalue weighted by Crippen LogP contribution is 2.17. The Hall–Kier alpha value is -0.290. The van der Waals surface area contributed by atoms with Crippen molar-refractivity contribution in [1.29, 1.82) is 0 Å². The molecule has 1 aromatic rings. The molecular formula is C9H15IN2. The average molecular weight is 278 g/mol. The molecule has 0 amide bonds. The van der Waals surface area contributed by atoms with Crippen molar-refractivity contribution in [3.05, 3.63) is 24.3 Å². The van der Waals surface area contributed by atoms with Gasteiger partial charge < -0.3 is 29.7 Å². The zero-order chi connectivity index (χ0) is 8.48. The van der Waals surface area contributed by atoms with Crippen molar-refractivity contribution in [3.63, 3.8) is 0 Å². The lowest BCUT2D eigenvalue weighted by molar-refractivity contribution is -0.00000260. The SMILES string of the molecule is C[N+](C)(C)c1ccc(N)cc1.[I-]. The summed E-state index contributed by atoms with van der Waals surface area (Å²) in [5.74, 6) is 0. The van der Waals surface area contributed by atoms with E-state index in [1.54, 1.807) is 0 Å². The van der Waals surface area contributed by atoms with E-state index in [2.05, 4.69) is 33.3 Å². The van der Waals surface area contributed by atoms with Gasteiger partial charge in [-0.15, -0.1) is 0 Å². The van der Waals surface area contributed by atoms with Crippen LogP contribution in [-0.4, -0.2) is 21.1 Å². The maximum absolute atomic E-state index is 5.56. The van der Waals surface area contributed by atoms with Crippen molar-refractivity contribution in [2.75, 3.05) is 26.9 Å². The fraction of sp³-hybridized carbons (Fsp3) is 0.333. The minimum Gasteiger partial charge on any atom is -1.00 e. The monoisotopic (exact) mass is 278 g/mol. The van der Waals surface area contributed by atoms with Crippen LogP contribution in [0, 0.1) is 0 Å². The molecule has 1 aromatic carbocycles. The Morgan fingerprint density at radius 1 is 1.00 bits per heavy atom. The van der Waals surface area contributed by atoms with E-state index in [4.69, 9.17) is 5.73 Å². The second-order valence-electron chi connectivity index (χ2n) is 3.60. The number of nitrogens with two attached hydrogens (primary N) is 1. The van der Waals surface area contributed by atoms with Gasteiger partial charge in [0.2, 0.25) is 0 Å². The van der Waals surface area contributed by atoms with Crippen LogP contribution in [0.5, 0.6) is 0 Å². The first-order valence-corrected chi connectivity index (χ1v) is 3.68. The van der Waals surface area contributed by atoms with E-state index in [1.807, 2.05) is 12.1 Å². The lowest BCUT2D eigenvalue weighted by Gasteiger charge is -2.23. The maximum Gasteiger partial charge on any atom is 0.132 e. The van der Waals surface area contributed by atoms with Gasteiger partial charge in [0.05, 0.1) is 21.1 Å². The Labute approximate surface area is 91.0 Å². The van der Waals surface area contributed by atoms with Gasteiger partial charge in [0.1, 0.15) is 5.69 Å². The number of quaternary nitrogens is 1. The molecular weight excluding hydrogens is 263 g/mol. The van der Waals surface area contributed by atoms with Crippen LogP contribution in [0.15, 0.2) is 24.3 Å². The maximum atomic E-state index is 5.56. The van der Waals surface area contributed by atoms with Crippen LogP contribution in [0.1, 0.15) is 0 Å². The lowest BCUT2D eigenvalue weighted by Crippen LogP contribution is -3.00. The molecule has 68 valence electrons. The Morgan fingerprint density at radius 2 is 1.42 bits per heavy atom. The number of halogens is 1. The van der Waals surface area contributed by atoms with Crippen molar-refractivity contribution >= 4 is 11.4 Å². The zero-order valence-corrected chi connectivity index (χ0v) is 9.87. The highest BCUT2D eigenvalue weighted by molar-refractivity contribution is 5.49. The van der Waals surface area contributed by atoms with E-state index < -0.39 is 0 Å². The third kappa shape index (κ3) is 2.98. The van der Waals surface area contributed by atoms with E-state index in [1.165, 1.54) is 5.69 Å². The minimum atomic E-state index is 0. The molecule has 0 unspecified atom stereocenters. The zero-order valence-electron chi connectivity index (χ0n) is 7.71. The summed E-state index contributed by atoms with van der Waals surface area (Å²) in [4.78, 5) is 0.